The third kappa shape index (κ3) is 4.22. The zero-order chi connectivity index (χ0) is 22.7. The first kappa shape index (κ1) is 20.9. The molecule has 0 aliphatic rings. The standard InChI is InChI=1S/C23H15F2N3O4/c24-14-10-11-19(18(25)12-14)26-20(29)13-32-23(31)21-16-8-4-5-9-17(16)22(30)28(27-21)15-6-2-1-3-7-15/h1-12H,13H2,(H,26,29). The molecular weight excluding hydrogens is 420 g/mol. The highest BCUT2D eigenvalue weighted by atomic mass is 19.1. The van der Waals surface area contributed by atoms with E-state index in [1.807, 2.05) is 0 Å². The normalized spacial score (nSPS) is 10.7. The number of halogens is 2. The fourth-order valence-electron chi connectivity index (χ4n) is 3.06. The lowest BCUT2D eigenvalue weighted by Crippen LogP contribution is -2.27. The summed E-state index contributed by atoms with van der Waals surface area (Å²) < 4.78 is 32.8. The minimum Gasteiger partial charge on any atom is -0.451 e. The van der Waals surface area contributed by atoms with E-state index in [-0.39, 0.29) is 22.2 Å². The largest absolute Gasteiger partial charge is 0.451 e. The predicted octanol–water partition coefficient (Wildman–Crippen LogP) is 3.46. The zero-order valence-electron chi connectivity index (χ0n) is 16.4. The Bertz CT molecular complexity index is 1390. The van der Waals surface area contributed by atoms with Crippen LogP contribution >= 0.6 is 0 Å². The maximum Gasteiger partial charge on any atom is 0.359 e. The Balaban J connectivity index is 1.60. The number of benzene rings is 3. The molecule has 0 aliphatic heterocycles. The van der Waals surface area contributed by atoms with Gasteiger partial charge in [-0.05, 0) is 30.3 Å². The molecular formula is C23H15F2N3O4. The summed E-state index contributed by atoms with van der Waals surface area (Å²) in [7, 11) is 0. The van der Waals surface area contributed by atoms with E-state index in [0.717, 1.165) is 16.8 Å². The minimum absolute atomic E-state index is 0.162. The molecule has 160 valence electrons. The highest BCUT2D eigenvalue weighted by Crippen LogP contribution is 2.17. The van der Waals surface area contributed by atoms with Crippen molar-refractivity contribution >= 4 is 28.3 Å². The van der Waals surface area contributed by atoms with E-state index < -0.39 is 35.7 Å². The molecule has 0 radical (unpaired) electrons. The number of rotatable bonds is 5. The molecule has 4 rings (SSSR count). The van der Waals surface area contributed by atoms with Gasteiger partial charge in [-0.15, -0.1) is 0 Å². The van der Waals surface area contributed by atoms with Crippen LogP contribution in [0.2, 0.25) is 0 Å². The van der Waals surface area contributed by atoms with Crippen molar-refractivity contribution in [3.05, 3.63) is 100 Å². The molecule has 1 amide bonds. The van der Waals surface area contributed by atoms with Gasteiger partial charge in [0.15, 0.2) is 12.3 Å². The van der Waals surface area contributed by atoms with E-state index in [4.69, 9.17) is 4.74 Å². The summed E-state index contributed by atoms with van der Waals surface area (Å²) in [6.45, 7) is -0.740. The van der Waals surface area contributed by atoms with Gasteiger partial charge in [0, 0.05) is 11.5 Å². The number of anilines is 1. The van der Waals surface area contributed by atoms with Gasteiger partial charge in [0.1, 0.15) is 11.6 Å². The Kier molecular flexibility index (Phi) is 5.71. The number of hydrogen-bond donors (Lipinski definition) is 1. The molecule has 0 spiro atoms. The topological polar surface area (TPSA) is 90.3 Å². The Morgan fingerprint density at radius 2 is 1.62 bits per heavy atom. The van der Waals surface area contributed by atoms with Crippen LogP contribution in [0.4, 0.5) is 14.5 Å². The van der Waals surface area contributed by atoms with Crippen molar-refractivity contribution in [2.75, 3.05) is 11.9 Å². The van der Waals surface area contributed by atoms with Crippen LogP contribution in [0.5, 0.6) is 0 Å². The van der Waals surface area contributed by atoms with Crippen LogP contribution in [-0.2, 0) is 9.53 Å². The first-order valence-corrected chi connectivity index (χ1v) is 9.43. The van der Waals surface area contributed by atoms with E-state index in [9.17, 15) is 23.2 Å². The highest BCUT2D eigenvalue weighted by molar-refractivity contribution is 6.03. The first-order chi connectivity index (χ1) is 15.4. The van der Waals surface area contributed by atoms with Crippen LogP contribution in [0.1, 0.15) is 10.5 Å². The predicted molar refractivity (Wildman–Crippen MR) is 113 cm³/mol. The molecule has 0 saturated carbocycles. The molecule has 32 heavy (non-hydrogen) atoms. The number of hydrogen-bond acceptors (Lipinski definition) is 5. The maximum atomic E-state index is 13.7. The van der Waals surface area contributed by atoms with Gasteiger partial charge in [-0.3, -0.25) is 9.59 Å². The molecule has 7 nitrogen and oxygen atoms in total. The molecule has 3 aromatic carbocycles. The van der Waals surface area contributed by atoms with Crippen molar-refractivity contribution in [1.82, 2.24) is 9.78 Å². The van der Waals surface area contributed by atoms with Crippen molar-refractivity contribution in [2.24, 2.45) is 0 Å². The fourth-order valence-corrected chi connectivity index (χ4v) is 3.06. The van der Waals surface area contributed by atoms with E-state index in [1.165, 1.54) is 0 Å². The molecule has 0 unspecified atom stereocenters. The molecule has 0 bridgehead atoms. The van der Waals surface area contributed by atoms with E-state index >= 15 is 0 Å². The van der Waals surface area contributed by atoms with Gasteiger partial charge in [0.25, 0.3) is 11.5 Å². The number of esters is 1. The quantitative estimate of drug-likeness (QED) is 0.485. The first-order valence-electron chi connectivity index (χ1n) is 9.43. The molecule has 9 heteroatoms. The fraction of sp³-hybridized carbons (Fsp3) is 0.0435. The SMILES string of the molecule is O=C(COC(=O)c1nn(-c2ccccc2)c(=O)c2ccccc12)Nc1ccc(F)cc1F. The van der Waals surface area contributed by atoms with Crippen molar-refractivity contribution in [3.8, 4) is 5.69 Å². The number of fused-ring (bicyclic) bond motifs is 1. The van der Waals surface area contributed by atoms with Crippen LogP contribution in [-0.4, -0.2) is 28.3 Å². The summed E-state index contributed by atoms with van der Waals surface area (Å²) in [5.74, 6) is -3.53. The number of amides is 1. The highest BCUT2D eigenvalue weighted by Gasteiger charge is 2.20. The van der Waals surface area contributed by atoms with Crippen LogP contribution in [0.15, 0.2) is 77.6 Å². The van der Waals surface area contributed by atoms with E-state index in [1.54, 1.807) is 54.6 Å². The van der Waals surface area contributed by atoms with E-state index in [0.29, 0.717) is 11.8 Å². The second-order valence-corrected chi connectivity index (χ2v) is 6.70. The maximum absolute atomic E-state index is 13.7. The summed E-state index contributed by atoms with van der Waals surface area (Å²) in [5.41, 5.74) is -0.395. The number of carbonyl (C=O) groups excluding carboxylic acids is 2. The van der Waals surface area contributed by atoms with Gasteiger partial charge in [0.05, 0.1) is 16.8 Å². The number of carbonyl (C=O) groups is 2. The molecule has 1 aromatic heterocycles. The van der Waals surface area contributed by atoms with Crippen molar-refractivity contribution in [3.63, 3.8) is 0 Å². The molecule has 1 heterocycles. The average molecular weight is 435 g/mol. The van der Waals surface area contributed by atoms with Crippen molar-refractivity contribution < 1.29 is 23.1 Å². The Morgan fingerprint density at radius 1 is 0.938 bits per heavy atom. The second kappa shape index (κ2) is 8.76. The lowest BCUT2D eigenvalue weighted by Gasteiger charge is -2.11. The minimum atomic E-state index is -0.965. The van der Waals surface area contributed by atoms with Crippen LogP contribution in [0, 0.1) is 11.6 Å². The van der Waals surface area contributed by atoms with Gasteiger partial charge in [-0.25, -0.2) is 13.6 Å². The molecule has 4 aromatic rings. The Labute approximate surface area is 179 Å². The molecule has 0 aliphatic carbocycles. The second-order valence-electron chi connectivity index (χ2n) is 6.70. The summed E-state index contributed by atoms with van der Waals surface area (Å²) in [4.78, 5) is 37.6. The summed E-state index contributed by atoms with van der Waals surface area (Å²) >= 11 is 0. The lowest BCUT2D eigenvalue weighted by atomic mass is 10.1. The summed E-state index contributed by atoms with van der Waals surface area (Å²) in [5, 5.41) is 6.86. The monoisotopic (exact) mass is 435 g/mol. The van der Waals surface area contributed by atoms with Gasteiger partial charge in [0.2, 0.25) is 0 Å². The average Bonchev–Trinajstić information content (AvgIpc) is 2.80. The summed E-state index contributed by atoms with van der Waals surface area (Å²) in [6, 6.07) is 17.6. The smallest absolute Gasteiger partial charge is 0.359 e. The number of nitrogens with zero attached hydrogens (tertiary/aromatic N) is 2. The lowest BCUT2D eigenvalue weighted by molar-refractivity contribution is -0.119. The third-order valence-electron chi connectivity index (χ3n) is 4.54. The van der Waals surface area contributed by atoms with E-state index in [2.05, 4.69) is 10.4 Å². The van der Waals surface area contributed by atoms with Gasteiger partial charge in [-0.2, -0.15) is 9.78 Å². The molecule has 1 N–H and O–H groups in total. The molecule has 0 saturated heterocycles. The van der Waals surface area contributed by atoms with Crippen molar-refractivity contribution in [1.29, 1.82) is 0 Å². The van der Waals surface area contributed by atoms with Crippen LogP contribution < -0.4 is 10.9 Å². The Morgan fingerprint density at radius 3 is 2.34 bits per heavy atom. The van der Waals surface area contributed by atoms with Gasteiger partial charge < -0.3 is 10.1 Å². The van der Waals surface area contributed by atoms with Gasteiger partial charge >= 0.3 is 5.97 Å². The number of aromatic nitrogens is 2. The van der Waals surface area contributed by atoms with Gasteiger partial charge in [-0.1, -0.05) is 36.4 Å². The molecule has 0 atom stereocenters. The Hall–Kier alpha value is -4.40. The number of ether oxygens (including phenoxy) is 1. The summed E-state index contributed by atoms with van der Waals surface area (Å²) in [6.07, 6.45) is 0. The zero-order valence-corrected chi connectivity index (χ0v) is 16.4. The third-order valence-corrected chi connectivity index (χ3v) is 4.54. The number of nitrogens with one attached hydrogen (secondary N) is 1. The molecule has 0 fully saturated rings. The van der Waals surface area contributed by atoms with Crippen LogP contribution in [0.3, 0.4) is 0 Å². The van der Waals surface area contributed by atoms with Crippen LogP contribution in [0.25, 0.3) is 16.5 Å². The van der Waals surface area contributed by atoms with Crippen molar-refractivity contribution in [2.45, 2.75) is 0 Å². The number of para-hydroxylation sites is 1.